The van der Waals surface area contributed by atoms with Crippen molar-refractivity contribution < 1.29 is 22.7 Å². The van der Waals surface area contributed by atoms with Gasteiger partial charge in [0, 0.05) is 5.70 Å². The summed E-state index contributed by atoms with van der Waals surface area (Å²) in [6, 6.07) is 5.73. The molecule has 1 N–H and O–H groups in total. The highest BCUT2D eigenvalue weighted by Crippen LogP contribution is 2.42. The van der Waals surface area contributed by atoms with Crippen molar-refractivity contribution in [3.63, 3.8) is 0 Å². The third-order valence-electron chi connectivity index (χ3n) is 4.20. The van der Waals surface area contributed by atoms with E-state index in [1.54, 1.807) is 13.8 Å². The molecule has 0 fully saturated rings. The number of benzene rings is 1. The Morgan fingerprint density at radius 3 is 2.74 bits per heavy atom. The monoisotopic (exact) mass is 376 g/mol. The molecule has 2 aromatic rings. The van der Waals surface area contributed by atoms with Crippen molar-refractivity contribution in [1.82, 2.24) is 9.78 Å². The number of halogens is 3. The Morgan fingerprint density at radius 1 is 1.41 bits per heavy atom. The van der Waals surface area contributed by atoms with Gasteiger partial charge in [0.1, 0.15) is 23.5 Å². The summed E-state index contributed by atoms with van der Waals surface area (Å²) in [4.78, 5) is 12.5. The Balaban J connectivity index is 2.29. The maximum atomic E-state index is 13.6. The normalized spacial score (nSPS) is 16.4. The number of hydrogen-bond acceptors (Lipinski definition) is 5. The minimum Gasteiger partial charge on any atom is -0.463 e. The molecule has 0 saturated heterocycles. The number of hydrogen-bond donors (Lipinski definition) is 1. The molecule has 0 spiro atoms. The van der Waals surface area contributed by atoms with E-state index in [9.17, 15) is 23.2 Å². The van der Waals surface area contributed by atoms with Crippen molar-refractivity contribution in [2.45, 2.75) is 26.1 Å². The number of carbonyl (C=O) groups excluding carboxylic acids is 1. The van der Waals surface area contributed by atoms with Crippen LogP contribution in [0, 0.1) is 11.3 Å². The number of nitrogens with zero attached hydrogens (tertiary/aromatic N) is 3. The number of anilines is 1. The molecule has 1 unspecified atom stereocenters. The molecule has 27 heavy (non-hydrogen) atoms. The first-order valence-electron chi connectivity index (χ1n) is 8.08. The number of nitrogens with one attached hydrogen (secondary N) is 1. The molecule has 1 aromatic heterocycles. The molecule has 1 aromatic carbocycles. The maximum Gasteiger partial charge on any atom is 0.416 e. The summed E-state index contributed by atoms with van der Waals surface area (Å²) < 4.78 is 47.0. The third-order valence-corrected chi connectivity index (χ3v) is 4.20. The lowest BCUT2D eigenvalue weighted by Crippen LogP contribution is -2.31. The standard InChI is InChI=1S/C18H15F3N4O2/c1-3-27-17(26)14-10(2)24-16-11(8-22)9-23-25(16)15(14)12-6-4-5-7-13(12)18(19,20)21/h4-7,9,15,24H,3H2,1-2H3. The molecule has 0 saturated carbocycles. The lowest BCUT2D eigenvalue weighted by atomic mass is 9.91. The fourth-order valence-electron chi connectivity index (χ4n) is 3.09. The fraction of sp³-hybridized carbons (Fsp3) is 0.278. The van der Waals surface area contributed by atoms with Gasteiger partial charge in [-0.2, -0.15) is 23.5 Å². The van der Waals surface area contributed by atoms with E-state index in [0.29, 0.717) is 5.70 Å². The molecule has 2 heterocycles. The third kappa shape index (κ3) is 3.14. The van der Waals surface area contributed by atoms with Crippen LogP contribution in [0.2, 0.25) is 0 Å². The van der Waals surface area contributed by atoms with E-state index in [-0.39, 0.29) is 29.1 Å². The summed E-state index contributed by atoms with van der Waals surface area (Å²) >= 11 is 0. The molecule has 3 rings (SSSR count). The van der Waals surface area contributed by atoms with E-state index < -0.39 is 23.8 Å². The molecule has 0 bridgehead atoms. The number of ether oxygens (including phenoxy) is 1. The summed E-state index contributed by atoms with van der Waals surface area (Å²) in [5, 5.41) is 16.2. The second kappa shape index (κ2) is 6.79. The zero-order valence-electron chi connectivity index (χ0n) is 14.5. The van der Waals surface area contributed by atoms with E-state index in [4.69, 9.17) is 4.74 Å². The molecule has 0 aliphatic carbocycles. The number of carbonyl (C=O) groups is 1. The quantitative estimate of drug-likeness (QED) is 0.828. The van der Waals surface area contributed by atoms with Gasteiger partial charge < -0.3 is 10.1 Å². The first-order chi connectivity index (χ1) is 12.8. The van der Waals surface area contributed by atoms with Crippen molar-refractivity contribution >= 4 is 11.8 Å². The lowest BCUT2D eigenvalue weighted by Gasteiger charge is -2.30. The van der Waals surface area contributed by atoms with Crippen molar-refractivity contribution in [2.75, 3.05) is 11.9 Å². The predicted molar refractivity (Wildman–Crippen MR) is 89.5 cm³/mol. The predicted octanol–water partition coefficient (Wildman–Crippen LogP) is 3.63. The Bertz CT molecular complexity index is 970. The van der Waals surface area contributed by atoms with Crippen LogP contribution in [0.4, 0.5) is 19.0 Å². The van der Waals surface area contributed by atoms with Gasteiger partial charge in [-0.05, 0) is 25.5 Å². The molecular formula is C18H15F3N4O2. The molecule has 0 radical (unpaired) electrons. The molecule has 1 aliphatic rings. The zero-order chi connectivity index (χ0) is 19.8. The van der Waals surface area contributed by atoms with E-state index in [2.05, 4.69) is 10.4 Å². The van der Waals surface area contributed by atoms with Gasteiger partial charge in [-0.15, -0.1) is 0 Å². The van der Waals surface area contributed by atoms with Crippen molar-refractivity contribution in [3.8, 4) is 6.07 Å². The van der Waals surface area contributed by atoms with Gasteiger partial charge in [0.2, 0.25) is 0 Å². The summed E-state index contributed by atoms with van der Waals surface area (Å²) in [6.45, 7) is 3.22. The highest BCUT2D eigenvalue weighted by molar-refractivity contribution is 5.93. The molecule has 140 valence electrons. The topological polar surface area (TPSA) is 79.9 Å². The molecule has 9 heteroatoms. The van der Waals surface area contributed by atoms with Crippen LogP contribution < -0.4 is 5.32 Å². The molecular weight excluding hydrogens is 361 g/mol. The van der Waals surface area contributed by atoms with Crippen LogP contribution >= 0.6 is 0 Å². The highest BCUT2D eigenvalue weighted by atomic mass is 19.4. The number of rotatable bonds is 3. The van der Waals surface area contributed by atoms with Gasteiger partial charge in [-0.25, -0.2) is 9.48 Å². The number of esters is 1. The minimum atomic E-state index is -4.62. The number of nitriles is 1. The Kier molecular flexibility index (Phi) is 4.66. The van der Waals surface area contributed by atoms with E-state index in [0.717, 1.165) is 6.07 Å². The summed E-state index contributed by atoms with van der Waals surface area (Å²) in [5.41, 5.74) is -0.561. The smallest absolute Gasteiger partial charge is 0.416 e. The van der Waals surface area contributed by atoms with Crippen molar-refractivity contribution in [1.29, 1.82) is 5.26 Å². The molecule has 1 aliphatic heterocycles. The van der Waals surface area contributed by atoms with Crippen LogP contribution in [0.5, 0.6) is 0 Å². The zero-order valence-corrected chi connectivity index (χ0v) is 14.5. The summed E-state index contributed by atoms with van der Waals surface area (Å²) in [7, 11) is 0. The summed E-state index contributed by atoms with van der Waals surface area (Å²) in [5.74, 6) is -0.519. The second-order valence-corrected chi connectivity index (χ2v) is 5.83. The van der Waals surface area contributed by atoms with Crippen molar-refractivity contribution in [2.24, 2.45) is 0 Å². The van der Waals surface area contributed by atoms with E-state index in [1.807, 2.05) is 6.07 Å². The van der Waals surface area contributed by atoms with Gasteiger partial charge in [0.05, 0.1) is 23.9 Å². The van der Waals surface area contributed by atoms with Crippen LogP contribution in [0.1, 0.15) is 36.6 Å². The van der Waals surface area contributed by atoms with Gasteiger partial charge in [0.15, 0.2) is 0 Å². The minimum absolute atomic E-state index is 0.00800. The van der Waals surface area contributed by atoms with Crippen LogP contribution in [-0.2, 0) is 15.7 Å². The first-order valence-corrected chi connectivity index (χ1v) is 8.08. The molecule has 0 amide bonds. The van der Waals surface area contributed by atoms with E-state index >= 15 is 0 Å². The average Bonchev–Trinajstić information content (AvgIpc) is 3.02. The largest absolute Gasteiger partial charge is 0.463 e. The fourth-order valence-corrected chi connectivity index (χ4v) is 3.09. The van der Waals surface area contributed by atoms with Gasteiger partial charge >= 0.3 is 12.1 Å². The van der Waals surface area contributed by atoms with E-state index in [1.165, 1.54) is 29.1 Å². The molecule has 1 atom stereocenters. The first kappa shape index (κ1) is 18.5. The van der Waals surface area contributed by atoms with Crippen molar-refractivity contribution in [3.05, 3.63) is 58.4 Å². The van der Waals surface area contributed by atoms with Crippen LogP contribution in [0.3, 0.4) is 0 Å². The van der Waals surface area contributed by atoms with Gasteiger partial charge in [0.25, 0.3) is 0 Å². The highest BCUT2D eigenvalue weighted by Gasteiger charge is 2.41. The Hall–Kier alpha value is -3.28. The molecule has 6 nitrogen and oxygen atoms in total. The van der Waals surface area contributed by atoms with Gasteiger partial charge in [-0.3, -0.25) is 0 Å². The number of fused-ring (bicyclic) bond motifs is 1. The lowest BCUT2D eigenvalue weighted by molar-refractivity contribution is -0.141. The Morgan fingerprint density at radius 2 is 2.11 bits per heavy atom. The Labute approximate surface area is 152 Å². The van der Waals surface area contributed by atoms with Gasteiger partial charge in [-0.1, -0.05) is 18.2 Å². The average molecular weight is 376 g/mol. The summed E-state index contributed by atoms with van der Waals surface area (Å²) in [6.07, 6.45) is -3.38. The van der Waals surface area contributed by atoms with Crippen LogP contribution in [-0.4, -0.2) is 22.4 Å². The van der Waals surface area contributed by atoms with Crippen LogP contribution in [0.15, 0.2) is 41.7 Å². The maximum absolute atomic E-state index is 13.6. The number of allylic oxidation sites excluding steroid dienone is 1. The number of aromatic nitrogens is 2. The van der Waals surface area contributed by atoms with Crippen LogP contribution in [0.25, 0.3) is 0 Å². The number of alkyl halides is 3. The second-order valence-electron chi connectivity index (χ2n) is 5.83. The SMILES string of the molecule is CCOC(=O)C1=C(C)Nc2c(C#N)cnn2C1c1ccccc1C(F)(F)F.